The van der Waals surface area contributed by atoms with Gasteiger partial charge in [-0.05, 0) is 6.08 Å². The number of rotatable bonds is 8. The molecule has 0 radical (unpaired) electrons. The van der Waals surface area contributed by atoms with Gasteiger partial charge in [0.15, 0.2) is 18.4 Å². The number of carbonyl (C=O) groups excluding carboxylic acids is 3. The van der Waals surface area contributed by atoms with Gasteiger partial charge in [-0.3, -0.25) is 19.1 Å². The summed E-state index contributed by atoms with van der Waals surface area (Å²) in [6, 6.07) is 0.984. The second kappa shape index (κ2) is 10.9. The van der Waals surface area contributed by atoms with E-state index in [4.69, 9.17) is 35.2 Å². The smallest absolute Gasteiger partial charge is 0.405 e. The van der Waals surface area contributed by atoms with Crippen molar-refractivity contribution >= 4 is 18.0 Å². The highest BCUT2D eigenvalue weighted by molar-refractivity contribution is 5.86. The second-order valence-corrected chi connectivity index (χ2v) is 7.56. The summed E-state index contributed by atoms with van der Waals surface area (Å²) >= 11 is 0. The van der Waals surface area contributed by atoms with E-state index >= 15 is 0 Å². The second-order valence-electron chi connectivity index (χ2n) is 7.56. The predicted molar refractivity (Wildman–Crippen MR) is 112 cm³/mol. The number of aliphatic hydroxyl groups excluding tert-OH is 2. The highest BCUT2D eigenvalue weighted by atomic mass is 16.7. The molecule has 0 bridgehead atoms. The van der Waals surface area contributed by atoms with Gasteiger partial charge in [0.25, 0.3) is 5.56 Å². The molecule has 0 aliphatic carbocycles. The van der Waals surface area contributed by atoms with E-state index in [1.807, 2.05) is 4.98 Å². The summed E-state index contributed by atoms with van der Waals surface area (Å²) in [6.45, 7) is 0. The lowest BCUT2D eigenvalue weighted by Crippen LogP contribution is -2.54. The third kappa shape index (κ3) is 5.39. The third-order valence-electron chi connectivity index (χ3n) is 5.32. The highest BCUT2D eigenvalue weighted by Gasteiger charge is 2.54. The van der Waals surface area contributed by atoms with Crippen molar-refractivity contribution in [2.45, 2.75) is 49.1 Å². The Kier molecular flexibility index (Phi) is 8.10. The van der Waals surface area contributed by atoms with E-state index in [0.717, 1.165) is 37.1 Å². The molecule has 36 heavy (non-hydrogen) atoms. The number of aromatic nitrogens is 2. The van der Waals surface area contributed by atoms with Gasteiger partial charge >= 0.3 is 17.8 Å². The van der Waals surface area contributed by atoms with Gasteiger partial charge in [0.1, 0.15) is 24.4 Å². The minimum Gasteiger partial charge on any atom is -0.463 e. The van der Waals surface area contributed by atoms with E-state index in [2.05, 4.69) is 4.74 Å². The zero-order chi connectivity index (χ0) is 26.7. The van der Waals surface area contributed by atoms with Crippen molar-refractivity contribution in [3.63, 3.8) is 0 Å². The van der Waals surface area contributed by atoms with Gasteiger partial charge in [-0.15, -0.1) is 0 Å². The van der Waals surface area contributed by atoms with Crippen LogP contribution in [0.1, 0.15) is 6.23 Å². The maximum atomic E-state index is 12.4. The van der Waals surface area contributed by atoms with Crippen molar-refractivity contribution in [3.05, 3.63) is 44.9 Å². The number of amides is 2. The molecule has 3 rings (SSSR count). The van der Waals surface area contributed by atoms with E-state index in [1.165, 1.54) is 0 Å². The fourth-order valence-electron chi connectivity index (χ4n) is 3.71. The minimum atomic E-state index is -1.83. The molecular formula is C19H24N4O13. The van der Waals surface area contributed by atoms with Gasteiger partial charge in [-0.25, -0.2) is 14.4 Å². The maximum Gasteiger partial charge on any atom is 0.405 e. The molecule has 1 aromatic heterocycles. The maximum absolute atomic E-state index is 12.4. The number of nitrogens with two attached hydrogens (primary N) is 2. The number of nitrogens with zero attached hydrogens (tertiary/aromatic N) is 1. The number of methoxy groups -OCH3 is 2. The van der Waals surface area contributed by atoms with E-state index in [0.29, 0.717) is 0 Å². The van der Waals surface area contributed by atoms with Gasteiger partial charge in [0.2, 0.25) is 18.0 Å². The first-order valence-corrected chi connectivity index (χ1v) is 10.2. The van der Waals surface area contributed by atoms with E-state index < -0.39 is 84.1 Å². The number of aliphatic hydroxyl groups is 2. The van der Waals surface area contributed by atoms with Gasteiger partial charge in [-0.1, -0.05) is 0 Å². The van der Waals surface area contributed by atoms with E-state index in [9.17, 15) is 34.2 Å². The quantitative estimate of drug-likeness (QED) is 0.206. The third-order valence-corrected chi connectivity index (χ3v) is 5.32. The topological polar surface area (TPSA) is 254 Å². The number of primary amides is 2. The first-order valence-electron chi connectivity index (χ1n) is 10.2. The number of ether oxygens (including phenoxy) is 6. The van der Waals surface area contributed by atoms with E-state index in [-0.39, 0.29) is 0 Å². The van der Waals surface area contributed by atoms with Crippen LogP contribution in [-0.2, 0) is 38.0 Å². The first-order chi connectivity index (χ1) is 17.0. The van der Waals surface area contributed by atoms with Gasteiger partial charge in [-0.2, -0.15) is 0 Å². The molecule has 17 nitrogen and oxygen atoms in total. The molecule has 1 aromatic rings. The van der Waals surface area contributed by atoms with Crippen LogP contribution in [0.4, 0.5) is 4.79 Å². The SMILES string of the molecule is COC(=O)C1=C[C@@H](O)[C@H](O)[C@H](O[C@@H](C(N)=O)[C@H]2O[C@H](n3ccc(=O)[nH]c3=O)[C@H](OC(N)=O)[C@@H]2OC)O1. The molecular weight excluding hydrogens is 492 g/mol. The van der Waals surface area contributed by atoms with E-state index in [1.54, 1.807) is 0 Å². The molecule has 1 fully saturated rings. The predicted octanol–water partition coefficient (Wildman–Crippen LogP) is -4.08. The standard InChI is InChI=1S/C19H24N4O13/c1-31-10-11(34-15(13(10)36-18(21)29)23-4-3-8(25)22-19(23)30)12(14(20)27)35-17-9(26)6(24)5-7(33-17)16(28)32-2/h3-6,9-13,15,17,24,26H,1-2H3,(H2,20,27)(H2,21,29)(H,22,25,30)/t6-,9+,10-,11+,12-,13-,15+,17+/m1/s1. The molecule has 0 unspecified atom stereocenters. The van der Waals surface area contributed by atoms with Crippen molar-refractivity contribution in [3.8, 4) is 0 Å². The normalized spacial score (nSPS) is 30.6. The summed E-state index contributed by atoms with van der Waals surface area (Å²) in [5, 5.41) is 20.3. The van der Waals surface area contributed by atoms with Gasteiger partial charge in [0, 0.05) is 19.4 Å². The molecule has 2 aliphatic rings. The molecule has 3 heterocycles. The molecule has 2 aliphatic heterocycles. The zero-order valence-corrected chi connectivity index (χ0v) is 18.8. The number of hydrogen-bond acceptors (Lipinski definition) is 13. The summed E-state index contributed by atoms with van der Waals surface area (Å²) in [5.74, 6) is -2.72. The summed E-state index contributed by atoms with van der Waals surface area (Å²) < 4.78 is 32.2. The monoisotopic (exact) mass is 516 g/mol. The van der Waals surface area contributed by atoms with Gasteiger partial charge in [0.05, 0.1) is 7.11 Å². The number of hydrogen-bond donors (Lipinski definition) is 5. The molecule has 0 aromatic carbocycles. The molecule has 7 N–H and O–H groups in total. The lowest BCUT2D eigenvalue weighted by Gasteiger charge is -2.34. The Morgan fingerprint density at radius 2 is 1.86 bits per heavy atom. The molecule has 198 valence electrons. The largest absolute Gasteiger partial charge is 0.463 e. The number of aromatic amines is 1. The number of esters is 1. The zero-order valence-electron chi connectivity index (χ0n) is 18.8. The fraction of sp³-hybridized carbons (Fsp3) is 0.526. The van der Waals surface area contributed by atoms with Crippen LogP contribution in [0.3, 0.4) is 0 Å². The number of H-pyrrole nitrogens is 1. The van der Waals surface area contributed by atoms with Crippen molar-refractivity contribution in [2.75, 3.05) is 14.2 Å². The van der Waals surface area contributed by atoms with Crippen LogP contribution in [0.5, 0.6) is 0 Å². The van der Waals surface area contributed by atoms with Gasteiger partial charge < -0.3 is 50.1 Å². The van der Waals surface area contributed by atoms with Crippen molar-refractivity contribution in [2.24, 2.45) is 11.5 Å². The molecule has 2 amide bonds. The lowest BCUT2D eigenvalue weighted by atomic mass is 10.0. The van der Waals surface area contributed by atoms with Crippen LogP contribution in [0, 0.1) is 0 Å². The van der Waals surface area contributed by atoms with Crippen molar-refractivity contribution < 1.29 is 53.0 Å². The first kappa shape index (κ1) is 26.8. The highest BCUT2D eigenvalue weighted by Crippen LogP contribution is 2.36. The fourth-order valence-corrected chi connectivity index (χ4v) is 3.71. The molecule has 0 spiro atoms. The van der Waals surface area contributed by atoms with Crippen LogP contribution in [-0.4, -0.2) is 94.9 Å². The molecule has 8 atom stereocenters. The molecule has 1 saturated heterocycles. The lowest BCUT2D eigenvalue weighted by molar-refractivity contribution is -0.242. The minimum absolute atomic E-state index is 0.522. The van der Waals surface area contributed by atoms with Crippen LogP contribution < -0.4 is 22.7 Å². The summed E-state index contributed by atoms with van der Waals surface area (Å²) in [5.41, 5.74) is 8.94. The Labute approximate surface area is 201 Å². The summed E-state index contributed by atoms with van der Waals surface area (Å²) in [6.07, 6.45) is -12.3. The van der Waals surface area contributed by atoms with Crippen LogP contribution >= 0.6 is 0 Å². The average Bonchev–Trinajstić information content (AvgIpc) is 3.15. The molecule has 17 heteroatoms. The average molecular weight is 516 g/mol. The Morgan fingerprint density at radius 3 is 2.42 bits per heavy atom. The van der Waals surface area contributed by atoms with Crippen LogP contribution in [0.15, 0.2) is 33.7 Å². The summed E-state index contributed by atoms with van der Waals surface area (Å²) in [7, 11) is 2.20. The Bertz CT molecular complexity index is 1150. The van der Waals surface area contributed by atoms with Crippen molar-refractivity contribution in [1.82, 2.24) is 9.55 Å². The van der Waals surface area contributed by atoms with Crippen molar-refractivity contribution in [1.29, 1.82) is 0 Å². The summed E-state index contributed by atoms with van der Waals surface area (Å²) in [4.78, 5) is 61.6. The molecule has 0 saturated carbocycles. The Morgan fingerprint density at radius 1 is 1.17 bits per heavy atom. The Hall–Kier alpha value is -3.77. The number of carbonyl (C=O) groups is 3. The van der Waals surface area contributed by atoms with Crippen LogP contribution in [0.2, 0.25) is 0 Å². The van der Waals surface area contributed by atoms with Crippen LogP contribution in [0.25, 0.3) is 0 Å². The Balaban J connectivity index is 1.96. The number of nitrogens with one attached hydrogen (secondary N) is 1.